The fourth-order valence-electron chi connectivity index (χ4n) is 2.45. The molecular weight excluding hydrogens is 302 g/mol. The number of hydrogen-bond donors (Lipinski definition) is 1. The molecule has 0 atom stereocenters. The van der Waals surface area contributed by atoms with E-state index in [1.165, 1.54) is 5.56 Å². The van der Waals surface area contributed by atoms with Crippen molar-refractivity contribution in [3.8, 4) is 5.75 Å². The van der Waals surface area contributed by atoms with Crippen molar-refractivity contribution >= 4 is 6.09 Å². The van der Waals surface area contributed by atoms with Crippen molar-refractivity contribution in [1.82, 2.24) is 4.90 Å². The Morgan fingerprint density at radius 1 is 1.04 bits per heavy atom. The van der Waals surface area contributed by atoms with Crippen molar-refractivity contribution in [2.24, 2.45) is 0 Å². The van der Waals surface area contributed by atoms with Gasteiger partial charge in [0.05, 0.1) is 6.61 Å². The summed E-state index contributed by atoms with van der Waals surface area (Å²) in [6, 6.07) is 17.0. The van der Waals surface area contributed by atoms with E-state index < -0.39 is 0 Å². The second kappa shape index (κ2) is 7.97. The Bertz CT molecular complexity index is 662. The third kappa shape index (κ3) is 5.10. The van der Waals surface area contributed by atoms with Crippen LogP contribution in [0.1, 0.15) is 31.9 Å². The number of aliphatic hydroxyl groups excluding tert-OH is 1. The molecule has 24 heavy (non-hydrogen) atoms. The smallest absolute Gasteiger partial charge is 0.410 e. The van der Waals surface area contributed by atoms with Crippen molar-refractivity contribution in [2.45, 2.75) is 39.3 Å². The lowest BCUT2D eigenvalue weighted by molar-refractivity contribution is 0.107. The van der Waals surface area contributed by atoms with E-state index in [1.54, 1.807) is 29.2 Å². The third-order valence-corrected chi connectivity index (χ3v) is 3.78. The molecule has 0 radical (unpaired) electrons. The van der Waals surface area contributed by atoms with E-state index in [0.717, 1.165) is 6.42 Å². The molecule has 0 saturated carbocycles. The lowest BCUT2D eigenvalue weighted by Crippen LogP contribution is -2.48. The van der Waals surface area contributed by atoms with Crippen molar-refractivity contribution < 1.29 is 14.6 Å². The zero-order chi connectivity index (χ0) is 17.6. The molecule has 0 unspecified atom stereocenters. The Kier molecular flexibility index (Phi) is 5.99. The number of carbonyl (C=O) groups excluding carboxylic acids is 1. The first-order valence-electron chi connectivity index (χ1n) is 8.13. The molecule has 128 valence electrons. The molecule has 0 fully saturated rings. The van der Waals surface area contributed by atoms with Gasteiger partial charge in [-0.25, -0.2) is 4.79 Å². The van der Waals surface area contributed by atoms with Gasteiger partial charge in [-0.05, 0) is 50.5 Å². The van der Waals surface area contributed by atoms with Gasteiger partial charge in [0.2, 0.25) is 0 Å². The minimum atomic E-state index is -0.381. The number of benzene rings is 2. The van der Waals surface area contributed by atoms with Crippen LogP contribution < -0.4 is 4.74 Å². The van der Waals surface area contributed by atoms with Gasteiger partial charge in [-0.15, -0.1) is 0 Å². The molecule has 4 heteroatoms. The molecule has 4 nitrogen and oxygen atoms in total. The maximum atomic E-state index is 12.6. The van der Waals surface area contributed by atoms with Gasteiger partial charge in [-0.2, -0.15) is 0 Å². The first kappa shape index (κ1) is 18.0. The molecule has 0 spiro atoms. The summed E-state index contributed by atoms with van der Waals surface area (Å²) in [6.45, 7) is 6.46. The lowest BCUT2D eigenvalue weighted by atomic mass is 10.1. The molecule has 0 aliphatic rings. The van der Waals surface area contributed by atoms with E-state index in [4.69, 9.17) is 4.74 Å². The maximum Gasteiger partial charge on any atom is 0.415 e. The summed E-state index contributed by atoms with van der Waals surface area (Å²) in [5, 5.41) is 9.19. The zero-order valence-corrected chi connectivity index (χ0v) is 14.5. The first-order chi connectivity index (χ1) is 11.4. The van der Waals surface area contributed by atoms with Crippen LogP contribution >= 0.6 is 0 Å². The van der Waals surface area contributed by atoms with E-state index >= 15 is 0 Å². The van der Waals surface area contributed by atoms with Crippen LogP contribution in [0.25, 0.3) is 0 Å². The van der Waals surface area contributed by atoms with Crippen molar-refractivity contribution in [2.75, 3.05) is 6.54 Å². The van der Waals surface area contributed by atoms with Crippen molar-refractivity contribution in [3.05, 3.63) is 65.7 Å². The van der Waals surface area contributed by atoms with Crippen molar-refractivity contribution in [1.29, 1.82) is 0 Å². The van der Waals surface area contributed by atoms with E-state index in [2.05, 4.69) is 12.1 Å². The second-order valence-electron chi connectivity index (χ2n) is 6.73. The number of nitrogens with zero attached hydrogens (tertiary/aromatic N) is 1. The van der Waals surface area contributed by atoms with E-state index in [1.807, 2.05) is 39.0 Å². The van der Waals surface area contributed by atoms with Gasteiger partial charge in [-0.1, -0.05) is 42.5 Å². The minimum Gasteiger partial charge on any atom is -0.410 e. The molecule has 2 aromatic carbocycles. The van der Waals surface area contributed by atoms with Gasteiger partial charge >= 0.3 is 6.09 Å². The van der Waals surface area contributed by atoms with Crippen LogP contribution in [-0.2, 0) is 13.0 Å². The lowest BCUT2D eigenvalue weighted by Gasteiger charge is -2.34. The van der Waals surface area contributed by atoms with Gasteiger partial charge < -0.3 is 14.7 Å². The zero-order valence-electron chi connectivity index (χ0n) is 14.5. The monoisotopic (exact) mass is 327 g/mol. The third-order valence-electron chi connectivity index (χ3n) is 3.78. The van der Waals surface area contributed by atoms with E-state index in [-0.39, 0.29) is 18.2 Å². The topological polar surface area (TPSA) is 49.8 Å². The highest BCUT2D eigenvalue weighted by Gasteiger charge is 2.27. The largest absolute Gasteiger partial charge is 0.415 e. The van der Waals surface area contributed by atoms with Crippen molar-refractivity contribution in [3.63, 3.8) is 0 Å². The average molecular weight is 327 g/mol. The highest BCUT2D eigenvalue weighted by Crippen LogP contribution is 2.19. The summed E-state index contributed by atoms with van der Waals surface area (Å²) in [7, 11) is 0. The first-order valence-corrected chi connectivity index (χ1v) is 8.13. The summed E-state index contributed by atoms with van der Waals surface area (Å²) in [5.41, 5.74) is 1.55. The average Bonchev–Trinajstić information content (AvgIpc) is 2.55. The summed E-state index contributed by atoms with van der Waals surface area (Å²) in [6.07, 6.45) is 0.387. The van der Waals surface area contributed by atoms with E-state index in [0.29, 0.717) is 17.9 Å². The van der Waals surface area contributed by atoms with E-state index in [9.17, 15) is 9.90 Å². The Balaban J connectivity index is 2.07. The van der Waals surface area contributed by atoms with Crippen LogP contribution in [0.15, 0.2) is 54.6 Å². The van der Waals surface area contributed by atoms with Gasteiger partial charge in [-0.3, -0.25) is 0 Å². The number of aliphatic hydroxyl groups is 1. The Morgan fingerprint density at radius 3 is 2.33 bits per heavy atom. The molecule has 0 bridgehead atoms. The van der Waals surface area contributed by atoms with Crippen LogP contribution in [0.4, 0.5) is 4.79 Å². The number of rotatable bonds is 5. The Hall–Kier alpha value is -2.33. The van der Waals surface area contributed by atoms with Crippen LogP contribution in [0.3, 0.4) is 0 Å². The highest BCUT2D eigenvalue weighted by atomic mass is 16.6. The van der Waals surface area contributed by atoms with Crippen LogP contribution in [0.5, 0.6) is 5.75 Å². The standard InChI is InChI=1S/C20H25NO3/c1-20(2,3)21(13-12-16-8-5-4-6-9-16)19(23)24-18-11-7-10-17(14-18)15-22/h4-11,14,22H,12-13,15H2,1-3H3. The predicted molar refractivity (Wildman–Crippen MR) is 95.0 cm³/mol. The predicted octanol–water partition coefficient (Wildman–Crippen LogP) is 4.02. The summed E-state index contributed by atoms with van der Waals surface area (Å²) < 4.78 is 5.51. The summed E-state index contributed by atoms with van der Waals surface area (Å²) >= 11 is 0. The maximum absolute atomic E-state index is 12.6. The normalized spacial score (nSPS) is 11.2. The molecule has 2 rings (SSSR count). The minimum absolute atomic E-state index is 0.0810. The summed E-state index contributed by atoms with van der Waals surface area (Å²) in [5.74, 6) is 0.445. The van der Waals surface area contributed by atoms with Gasteiger partial charge in [0.25, 0.3) is 0 Å². The van der Waals surface area contributed by atoms with Crippen LogP contribution in [-0.4, -0.2) is 28.2 Å². The number of hydrogen-bond acceptors (Lipinski definition) is 3. The molecule has 0 aliphatic heterocycles. The molecule has 0 aromatic heterocycles. The fourth-order valence-corrected chi connectivity index (χ4v) is 2.45. The SMILES string of the molecule is CC(C)(C)N(CCc1ccccc1)C(=O)Oc1cccc(CO)c1. The van der Waals surface area contributed by atoms with Gasteiger partial charge in [0, 0.05) is 12.1 Å². The fraction of sp³-hybridized carbons (Fsp3) is 0.350. The highest BCUT2D eigenvalue weighted by molar-refractivity contribution is 5.71. The Labute approximate surface area is 143 Å². The molecule has 2 aromatic rings. The molecule has 1 N–H and O–H groups in total. The molecule has 1 amide bonds. The van der Waals surface area contributed by atoms with Gasteiger partial charge in [0.15, 0.2) is 0 Å². The second-order valence-corrected chi connectivity index (χ2v) is 6.73. The van der Waals surface area contributed by atoms with Crippen LogP contribution in [0.2, 0.25) is 0 Å². The molecule has 0 heterocycles. The molecule has 0 saturated heterocycles. The molecular formula is C20H25NO3. The number of amides is 1. The van der Waals surface area contributed by atoms with Crippen LogP contribution in [0, 0.1) is 0 Å². The summed E-state index contributed by atoms with van der Waals surface area (Å²) in [4.78, 5) is 14.3. The number of ether oxygens (including phenoxy) is 1. The molecule has 0 aliphatic carbocycles. The van der Waals surface area contributed by atoms with Gasteiger partial charge in [0.1, 0.15) is 5.75 Å². The number of carbonyl (C=O) groups is 1. The quantitative estimate of drug-likeness (QED) is 0.902. The Morgan fingerprint density at radius 2 is 1.71 bits per heavy atom.